The molecule has 0 spiro atoms. The van der Waals surface area contributed by atoms with Gasteiger partial charge in [-0.05, 0) is 25.8 Å². The molecule has 10 heteroatoms. The van der Waals surface area contributed by atoms with Crippen LogP contribution in [0.15, 0.2) is 36.4 Å². The zero-order valence-electron chi connectivity index (χ0n) is 16.3. The number of hydrogen-bond acceptors (Lipinski definition) is 7. The Morgan fingerprint density at radius 2 is 1.87 bits per heavy atom. The molecule has 10 nitrogen and oxygen atoms in total. The maximum absolute atomic E-state index is 12.4. The van der Waals surface area contributed by atoms with E-state index in [0.29, 0.717) is 12.8 Å². The molecule has 0 aromatic heterocycles. The number of nitrogens with zero attached hydrogens (tertiary/aromatic N) is 2. The third-order valence-electron chi connectivity index (χ3n) is 5.14. The van der Waals surface area contributed by atoms with E-state index in [0.717, 1.165) is 4.90 Å². The molecule has 2 aliphatic rings. The van der Waals surface area contributed by atoms with Gasteiger partial charge in [0.1, 0.15) is 0 Å². The number of benzene rings is 1. The average Bonchev–Trinajstić information content (AvgIpc) is 2.97. The summed E-state index contributed by atoms with van der Waals surface area (Å²) in [5.41, 5.74) is 0.00901. The number of hydrogen-bond donors (Lipinski definition) is 1. The quantitative estimate of drug-likeness (QED) is 0.236. The van der Waals surface area contributed by atoms with Gasteiger partial charge in [0.25, 0.3) is 11.6 Å². The minimum absolute atomic E-state index is 0.0945. The lowest BCUT2D eigenvalue weighted by Crippen LogP contribution is -2.35. The first kappa shape index (κ1) is 21.2. The number of nitro groups is 1. The van der Waals surface area contributed by atoms with Crippen LogP contribution in [0.2, 0.25) is 0 Å². The summed E-state index contributed by atoms with van der Waals surface area (Å²) in [6.45, 7) is 1.26. The van der Waals surface area contributed by atoms with Crippen LogP contribution in [0.5, 0.6) is 0 Å². The van der Waals surface area contributed by atoms with Crippen LogP contribution in [0.3, 0.4) is 0 Å². The predicted molar refractivity (Wildman–Crippen MR) is 104 cm³/mol. The number of fused-ring (bicyclic) bond motifs is 1. The van der Waals surface area contributed by atoms with E-state index in [1.165, 1.54) is 31.2 Å². The van der Waals surface area contributed by atoms with E-state index in [1.807, 2.05) is 12.2 Å². The number of ether oxygens (including phenoxy) is 1. The zero-order valence-corrected chi connectivity index (χ0v) is 16.3. The fourth-order valence-corrected chi connectivity index (χ4v) is 3.54. The number of esters is 1. The molecule has 3 amide bonds. The second-order valence-electron chi connectivity index (χ2n) is 7.16. The summed E-state index contributed by atoms with van der Waals surface area (Å²) < 4.78 is 5.06. The summed E-state index contributed by atoms with van der Waals surface area (Å²) in [6.07, 6.45) is 3.42. The molecule has 0 radical (unpaired) electrons. The number of carbonyl (C=O) groups is 4. The number of rotatable bonds is 7. The number of nitro benzene ring substituents is 1. The van der Waals surface area contributed by atoms with E-state index < -0.39 is 22.9 Å². The molecule has 3 rings (SSSR count). The van der Waals surface area contributed by atoms with E-state index in [1.54, 1.807) is 0 Å². The number of allylic oxidation sites excluding steroid dienone is 2. The SMILES string of the molecule is CC(OC(=O)CCN1C(=O)C2CC=CCC2C1=O)C(=O)Nc1cccc([N+](=O)[O-])c1. The molecule has 3 atom stereocenters. The number of likely N-dealkylation sites (tertiary alicyclic amines) is 1. The first-order valence-corrected chi connectivity index (χ1v) is 9.53. The number of nitrogens with one attached hydrogen (secondary N) is 1. The molecule has 0 saturated carbocycles. The lowest BCUT2D eigenvalue weighted by atomic mass is 9.85. The smallest absolute Gasteiger partial charge is 0.308 e. The van der Waals surface area contributed by atoms with E-state index in [4.69, 9.17) is 4.74 Å². The van der Waals surface area contributed by atoms with Crippen molar-refractivity contribution in [2.24, 2.45) is 11.8 Å². The molecule has 1 aliphatic carbocycles. The standard InChI is InChI=1S/C20H21N3O7/c1-12(18(25)21-13-5-4-6-14(11-13)23(28)29)30-17(24)9-10-22-19(26)15-7-2-3-8-16(15)20(22)27/h2-6,11-12,15-16H,7-10H2,1H3,(H,21,25). The molecule has 1 heterocycles. The van der Waals surface area contributed by atoms with Crippen LogP contribution in [0.25, 0.3) is 0 Å². The second-order valence-corrected chi connectivity index (χ2v) is 7.16. The Bertz CT molecular complexity index is 901. The van der Waals surface area contributed by atoms with E-state index in [2.05, 4.69) is 5.32 Å². The molecule has 1 aliphatic heterocycles. The Morgan fingerprint density at radius 1 is 1.23 bits per heavy atom. The molecule has 1 fully saturated rings. The van der Waals surface area contributed by atoms with Crippen molar-refractivity contribution in [2.75, 3.05) is 11.9 Å². The predicted octanol–water partition coefficient (Wildman–Crippen LogP) is 1.81. The van der Waals surface area contributed by atoms with Crippen LogP contribution in [0.1, 0.15) is 26.2 Å². The maximum atomic E-state index is 12.4. The molecule has 3 unspecified atom stereocenters. The summed E-state index contributed by atoms with van der Waals surface area (Å²) in [4.78, 5) is 60.3. The van der Waals surface area contributed by atoms with Gasteiger partial charge in [-0.1, -0.05) is 18.2 Å². The van der Waals surface area contributed by atoms with Crippen LogP contribution in [-0.2, 0) is 23.9 Å². The first-order valence-electron chi connectivity index (χ1n) is 9.53. The van der Waals surface area contributed by atoms with Gasteiger partial charge in [0, 0.05) is 24.4 Å². The molecule has 1 saturated heterocycles. The highest BCUT2D eigenvalue weighted by atomic mass is 16.6. The molecule has 1 aromatic carbocycles. The molecule has 0 bridgehead atoms. The Labute approximate surface area is 172 Å². The second kappa shape index (κ2) is 8.85. The number of carbonyl (C=O) groups excluding carboxylic acids is 4. The van der Waals surface area contributed by atoms with E-state index in [9.17, 15) is 29.3 Å². The van der Waals surface area contributed by atoms with Crippen LogP contribution in [0.4, 0.5) is 11.4 Å². The third kappa shape index (κ3) is 4.53. The van der Waals surface area contributed by atoms with Gasteiger partial charge in [-0.25, -0.2) is 0 Å². The zero-order chi connectivity index (χ0) is 21.8. The van der Waals surface area contributed by atoms with Crippen molar-refractivity contribution in [3.8, 4) is 0 Å². The van der Waals surface area contributed by atoms with E-state index in [-0.39, 0.29) is 48.0 Å². The number of non-ortho nitro benzene ring substituents is 1. The molecule has 30 heavy (non-hydrogen) atoms. The number of imide groups is 1. The van der Waals surface area contributed by atoms with Crippen molar-refractivity contribution in [2.45, 2.75) is 32.3 Å². The lowest BCUT2D eigenvalue weighted by Gasteiger charge is -2.16. The van der Waals surface area contributed by atoms with Crippen molar-refractivity contribution in [1.29, 1.82) is 0 Å². The Kier molecular flexibility index (Phi) is 6.24. The minimum Gasteiger partial charge on any atom is -0.452 e. The summed E-state index contributed by atoms with van der Waals surface area (Å²) in [6, 6.07) is 5.36. The van der Waals surface area contributed by atoms with Crippen molar-refractivity contribution in [3.05, 3.63) is 46.5 Å². The summed E-state index contributed by atoms with van der Waals surface area (Å²) in [5, 5.41) is 13.2. The molecule has 158 valence electrons. The van der Waals surface area contributed by atoms with Gasteiger partial charge in [-0.3, -0.25) is 34.2 Å². The average molecular weight is 415 g/mol. The molecular weight excluding hydrogens is 394 g/mol. The molecule has 1 aromatic rings. The van der Waals surface area contributed by atoms with Crippen LogP contribution >= 0.6 is 0 Å². The monoisotopic (exact) mass is 415 g/mol. The summed E-state index contributed by atoms with van der Waals surface area (Å²) in [5.74, 6) is -2.67. The highest BCUT2D eigenvalue weighted by Crippen LogP contribution is 2.35. The Balaban J connectivity index is 1.49. The lowest BCUT2D eigenvalue weighted by molar-refractivity contribution is -0.384. The van der Waals surface area contributed by atoms with Crippen LogP contribution < -0.4 is 5.32 Å². The highest BCUT2D eigenvalue weighted by Gasteiger charge is 2.47. The Hall–Kier alpha value is -3.56. The molecular formula is C20H21N3O7. The number of anilines is 1. The van der Waals surface area contributed by atoms with Crippen molar-refractivity contribution in [1.82, 2.24) is 4.90 Å². The van der Waals surface area contributed by atoms with Gasteiger partial charge in [0.2, 0.25) is 11.8 Å². The largest absolute Gasteiger partial charge is 0.452 e. The highest BCUT2D eigenvalue weighted by molar-refractivity contribution is 6.05. The maximum Gasteiger partial charge on any atom is 0.308 e. The van der Waals surface area contributed by atoms with Gasteiger partial charge in [0.15, 0.2) is 6.10 Å². The van der Waals surface area contributed by atoms with Gasteiger partial charge in [-0.2, -0.15) is 0 Å². The van der Waals surface area contributed by atoms with Gasteiger partial charge >= 0.3 is 5.97 Å². The minimum atomic E-state index is -1.16. The van der Waals surface area contributed by atoms with Gasteiger partial charge < -0.3 is 10.1 Å². The third-order valence-corrected chi connectivity index (χ3v) is 5.14. The van der Waals surface area contributed by atoms with Crippen LogP contribution in [0, 0.1) is 22.0 Å². The van der Waals surface area contributed by atoms with Gasteiger partial charge in [0.05, 0.1) is 23.2 Å². The fourth-order valence-electron chi connectivity index (χ4n) is 3.54. The topological polar surface area (TPSA) is 136 Å². The fraction of sp³-hybridized carbons (Fsp3) is 0.400. The van der Waals surface area contributed by atoms with Crippen molar-refractivity contribution < 1.29 is 28.8 Å². The van der Waals surface area contributed by atoms with Crippen molar-refractivity contribution in [3.63, 3.8) is 0 Å². The van der Waals surface area contributed by atoms with Gasteiger partial charge in [-0.15, -0.1) is 0 Å². The summed E-state index contributed by atoms with van der Waals surface area (Å²) in [7, 11) is 0. The molecule has 1 N–H and O–H groups in total. The van der Waals surface area contributed by atoms with Crippen molar-refractivity contribution >= 4 is 35.1 Å². The summed E-state index contributed by atoms with van der Waals surface area (Å²) >= 11 is 0. The first-order chi connectivity index (χ1) is 14.3. The van der Waals surface area contributed by atoms with Crippen LogP contribution in [-0.4, -0.2) is 46.2 Å². The number of amides is 3. The van der Waals surface area contributed by atoms with E-state index >= 15 is 0 Å². The normalized spacial score (nSPS) is 21.2. The Morgan fingerprint density at radius 3 is 2.47 bits per heavy atom.